The fraction of sp³-hybridized carbons (Fsp3) is 0.111. The van der Waals surface area contributed by atoms with Gasteiger partial charge in [-0.3, -0.25) is 10.1 Å². The molecule has 0 spiro atoms. The van der Waals surface area contributed by atoms with Crippen molar-refractivity contribution in [2.45, 2.75) is 13.8 Å². The summed E-state index contributed by atoms with van der Waals surface area (Å²) < 4.78 is 0. The number of hydrogen-bond donors (Lipinski definition) is 3. The van der Waals surface area contributed by atoms with Crippen molar-refractivity contribution in [1.29, 1.82) is 0 Å². The Labute approximate surface area is 160 Å². The van der Waals surface area contributed by atoms with Gasteiger partial charge in [-0.2, -0.15) is 9.97 Å². The summed E-state index contributed by atoms with van der Waals surface area (Å²) in [6, 6.07) is 12.5. The van der Waals surface area contributed by atoms with Crippen LogP contribution in [0.3, 0.4) is 0 Å². The van der Waals surface area contributed by atoms with Crippen molar-refractivity contribution in [3.63, 3.8) is 0 Å². The van der Waals surface area contributed by atoms with Crippen LogP contribution in [0.25, 0.3) is 0 Å². The first-order chi connectivity index (χ1) is 12.8. The standard InChI is InChI=1S/C18H17ClN6O2/c1-10-6-7-14(8-11(10)2)21-17-15(25(26)27)16(20)23-18(24-17)22-13-5-3-4-12(19)9-13/h3-9H,1-2H3,(H4,20,21,22,23,24). The summed E-state index contributed by atoms with van der Waals surface area (Å²) in [4.78, 5) is 19.0. The summed E-state index contributed by atoms with van der Waals surface area (Å²) in [7, 11) is 0. The molecule has 1 aromatic heterocycles. The molecule has 27 heavy (non-hydrogen) atoms. The van der Waals surface area contributed by atoms with Gasteiger partial charge in [0.25, 0.3) is 0 Å². The minimum atomic E-state index is -0.609. The van der Waals surface area contributed by atoms with E-state index in [9.17, 15) is 10.1 Å². The molecule has 0 saturated carbocycles. The first kappa shape index (κ1) is 18.4. The molecule has 4 N–H and O–H groups in total. The Balaban J connectivity index is 2.00. The molecule has 8 nitrogen and oxygen atoms in total. The van der Waals surface area contributed by atoms with Crippen LogP contribution < -0.4 is 16.4 Å². The van der Waals surface area contributed by atoms with E-state index in [1.807, 2.05) is 32.0 Å². The maximum Gasteiger partial charge on any atom is 0.353 e. The predicted octanol–water partition coefficient (Wildman–Crippen LogP) is 4.72. The summed E-state index contributed by atoms with van der Waals surface area (Å²) in [5.41, 5.74) is 8.88. The molecule has 0 aliphatic heterocycles. The van der Waals surface area contributed by atoms with Gasteiger partial charge < -0.3 is 16.4 Å². The molecular weight excluding hydrogens is 368 g/mol. The highest BCUT2D eigenvalue weighted by molar-refractivity contribution is 6.30. The molecule has 3 aromatic rings. The van der Waals surface area contributed by atoms with Gasteiger partial charge in [0.1, 0.15) is 0 Å². The van der Waals surface area contributed by atoms with Crippen LogP contribution >= 0.6 is 11.6 Å². The Hall–Kier alpha value is -3.39. The zero-order valence-electron chi connectivity index (χ0n) is 14.7. The predicted molar refractivity (Wildman–Crippen MR) is 107 cm³/mol. The van der Waals surface area contributed by atoms with Gasteiger partial charge in [0.15, 0.2) is 0 Å². The van der Waals surface area contributed by atoms with Crippen LogP contribution in [-0.2, 0) is 0 Å². The van der Waals surface area contributed by atoms with Crippen LogP contribution in [0.4, 0.5) is 34.6 Å². The zero-order chi connectivity index (χ0) is 19.6. The molecular formula is C18H17ClN6O2. The lowest BCUT2D eigenvalue weighted by Crippen LogP contribution is -2.08. The lowest BCUT2D eigenvalue weighted by molar-refractivity contribution is -0.383. The number of aryl methyl sites for hydroxylation is 2. The fourth-order valence-corrected chi connectivity index (χ4v) is 2.64. The fourth-order valence-electron chi connectivity index (χ4n) is 2.45. The van der Waals surface area contributed by atoms with E-state index < -0.39 is 4.92 Å². The second-order valence-electron chi connectivity index (χ2n) is 5.95. The van der Waals surface area contributed by atoms with E-state index in [1.54, 1.807) is 24.3 Å². The van der Waals surface area contributed by atoms with Gasteiger partial charge in [-0.1, -0.05) is 23.7 Å². The van der Waals surface area contributed by atoms with E-state index in [2.05, 4.69) is 20.6 Å². The molecule has 2 aromatic carbocycles. The molecule has 0 atom stereocenters. The number of hydrogen-bond acceptors (Lipinski definition) is 7. The number of halogens is 1. The SMILES string of the molecule is Cc1ccc(Nc2nc(Nc3cccc(Cl)c3)nc(N)c2[N+](=O)[O-])cc1C. The summed E-state index contributed by atoms with van der Waals surface area (Å²) in [6.45, 7) is 3.94. The number of nitrogens with two attached hydrogens (primary N) is 1. The number of benzene rings is 2. The maximum atomic E-state index is 11.4. The number of anilines is 5. The molecule has 138 valence electrons. The van der Waals surface area contributed by atoms with E-state index in [4.69, 9.17) is 17.3 Å². The van der Waals surface area contributed by atoms with E-state index in [1.165, 1.54) is 0 Å². The lowest BCUT2D eigenvalue weighted by atomic mass is 10.1. The molecule has 0 amide bonds. The molecule has 0 bridgehead atoms. The molecule has 0 fully saturated rings. The van der Waals surface area contributed by atoms with Crippen molar-refractivity contribution >= 4 is 46.2 Å². The van der Waals surface area contributed by atoms with Crippen LogP contribution in [0.1, 0.15) is 11.1 Å². The summed E-state index contributed by atoms with van der Waals surface area (Å²) in [5, 5.41) is 17.9. The van der Waals surface area contributed by atoms with Crippen molar-refractivity contribution in [2.24, 2.45) is 0 Å². The monoisotopic (exact) mass is 384 g/mol. The van der Waals surface area contributed by atoms with Gasteiger partial charge >= 0.3 is 5.69 Å². The highest BCUT2D eigenvalue weighted by atomic mass is 35.5. The lowest BCUT2D eigenvalue weighted by Gasteiger charge is -2.12. The zero-order valence-corrected chi connectivity index (χ0v) is 15.4. The average molecular weight is 385 g/mol. The molecule has 0 radical (unpaired) electrons. The van der Waals surface area contributed by atoms with Crippen molar-refractivity contribution in [1.82, 2.24) is 9.97 Å². The average Bonchev–Trinajstić information content (AvgIpc) is 2.57. The molecule has 0 saturated heterocycles. The quantitative estimate of drug-likeness (QED) is 0.430. The van der Waals surface area contributed by atoms with Crippen LogP contribution in [-0.4, -0.2) is 14.9 Å². The Morgan fingerprint density at radius 3 is 2.44 bits per heavy atom. The van der Waals surface area contributed by atoms with Gasteiger partial charge in [-0.25, -0.2) is 0 Å². The first-order valence-electron chi connectivity index (χ1n) is 8.02. The van der Waals surface area contributed by atoms with Crippen LogP contribution in [0, 0.1) is 24.0 Å². The third kappa shape index (κ3) is 4.24. The van der Waals surface area contributed by atoms with Crippen molar-refractivity contribution < 1.29 is 4.92 Å². The van der Waals surface area contributed by atoms with Gasteiger partial charge in [0.2, 0.25) is 17.6 Å². The van der Waals surface area contributed by atoms with Crippen molar-refractivity contribution in [2.75, 3.05) is 16.4 Å². The Bertz CT molecular complexity index is 1020. The summed E-state index contributed by atoms with van der Waals surface area (Å²) in [6.07, 6.45) is 0. The second-order valence-corrected chi connectivity index (χ2v) is 6.38. The van der Waals surface area contributed by atoms with Crippen LogP contribution in [0.5, 0.6) is 0 Å². The van der Waals surface area contributed by atoms with E-state index in [-0.39, 0.29) is 23.3 Å². The van der Waals surface area contributed by atoms with Crippen LogP contribution in [0.15, 0.2) is 42.5 Å². The Kier molecular flexibility index (Phi) is 5.09. The van der Waals surface area contributed by atoms with Gasteiger partial charge in [-0.05, 0) is 55.3 Å². The highest BCUT2D eigenvalue weighted by Crippen LogP contribution is 2.32. The number of aromatic nitrogens is 2. The van der Waals surface area contributed by atoms with Crippen LogP contribution in [0.2, 0.25) is 5.02 Å². The first-order valence-corrected chi connectivity index (χ1v) is 8.40. The minimum Gasteiger partial charge on any atom is -0.378 e. The van der Waals surface area contributed by atoms with Gasteiger partial charge in [0, 0.05) is 16.4 Å². The van der Waals surface area contributed by atoms with E-state index in [0.29, 0.717) is 16.4 Å². The van der Waals surface area contributed by atoms with E-state index in [0.717, 1.165) is 11.1 Å². The molecule has 0 aliphatic rings. The van der Waals surface area contributed by atoms with Crippen molar-refractivity contribution in [3.05, 3.63) is 68.7 Å². The number of rotatable bonds is 5. The second kappa shape index (κ2) is 7.46. The van der Waals surface area contributed by atoms with E-state index >= 15 is 0 Å². The summed E-state index contributed by atoms with van der Waals surface area (Å²) in [5.74, 6) is -0.127. The highest BCUT2D eigenvalue weighted by Gasteiger charge is 2.23. The smallest absolute Gasteiger partial charge is 0.353 e. The molecule has 0 aliphatic carbocycles. The number of nitrogen functional groups attached to an aromatic ring is 1. The topological polar surface area (TPSA) is 119 Å². The van der Waals surface area contributed by atoms with Gasteiger partial charge in [0.05, 0.1) is 4.92 Å². The third-order valence-electron chi connectivity index (χ3n) is 3.94. The maximum absolute atomic E-state index is 11.4. The normalized spacial score (nSPS) is 10.5. The largest absolute Gasteiger partial charge is 0.378 e. The Morgan fingerprint density at radius 1 is 1.04 bits per heavy atom. The minimum absolute atomic E-state index is 0.000260. The number of nitro groups is 1. The Morgan fingerprint density at radius 2 is 1.78 bits per heavy atom. The summed E-state index contributed by atoms with van der Waals surface area (Å²) >= 11 is 5.97. The van der Waals surface area contributed by atoms with Gasteiger partial charge in [-0.15, -0.1) is 0 Å². The molecule has 3 rings (SSSR count). The third-order valence-corrected chi connectivity index (χ3v) is 4.18. The number of nitrogens with one attached hydrogen (secondary N) is 2. The van der Waals surface area contributed by atoms with Crippen molar-refractivity contribution in [3.8, 4) is 0 Å². The molecule has 0 unspecified atom stereocenters. The molecule has 9 heteroatoms. The number of nitrogens with zero attached hydrogens (tertiary/aromatic N) is 3. The molecule has 1 heterocycles.